The lowest BCUT2D eigenvalue weighted by atomic mass is 9.81. The van der Waals surface area contributed by atoms with Gasteiger partial charge in [-0.3, -0.25) is 0 Å². The summed E-state index contributed by atoms with van der Waals surface area (Å²) in [5, 5.41) is 4.61. The zero-order valence-electron chi connectivity index (χ0n) is 18.1. The topological polar surface area (TPSA) is 0 Å². The average molecular weight is 481 g/mol. The van der Waals surface area contributed by atoms with E-state index in [-0.39, 0.29) is 17.0 Å². The van der Waals surface area contributed by atoms with Crippen LogP contribution in [-0.4, -0.2) is 6.16 Å². The maximum absolute atomic E-state index is 2.39. The SMILES string of the molecule is CCC[C@H]1CC[C@H](C[P+](c2ccccc2)(c2ccccc2)c2ccccc2)CC1.[Br-]. The molecule has 0 nitrogen and oxygen atoms in total. The number of halogens is 1. The molecule has 1 fully saturated rings. The zero-order chi connectivity index (χ0) is 19.9. The maximum atomic E-state index is 2.39. The molecule has 0 bridgehead atoms. The Morgan fingerprint density at radius 2 is 0.967 bits per heavy atom. The Labute approximate surface area is 194 Å². The van der Waals surface area contributed by atoms with E-state index in [0.717, 1.165) is 11.8 Å². The van der Waals surface area contributed by atoms with Crippen molar-refractivity contribution in [2.45, 2.75) is 45.4 Å². The minimum Gasteiger partial charge on any atom is -1.00 e. The van der Waals surface area contributed by atoms with E-state index < -0.39 is 7.26 Å². The molecule has 0 unspecified atom stereocenters. The first-order valence-corrected chi connectivity index (χ1v) is 13.3. The molecule has 2 heteroatoms. The molecule has 0 heterocycles. The Balaban J connectivity index is 0.00000256. The first-order chi connectivity index (χ1) is 14.3. The summed E-state index contributed by atoms with van der Waals surface area (Å²) in [6, 6.07) is 34.2. The van der Waals surface area contributed by atoms with Gasteiger partial charge in [-0.1, -0.05) is 87.2 Å². The molecule has 0 radical (unpaired) electrons. The summed E-state index contributed by atoms with van der Waals surface area (Å²) in [6.45, 7) is 2.34. The molecule has 0 N–H and O–H groups in total. The molecule has 0 spiro atoms. The Morgan fingerprint density at radius 1 is 0.600 bits per heavy atom. The summed E-state index contributed by atoms with van der Waals surface area (Å²) in [4.78, 5) is 0. The highest BCUT2D eigenvalue weighted by Crippen LogP contribution is 2.58. The van der Waals surface area contributed by atoms with Gasteiger partial charge in [-0.05, 0) is 61.1 Å². The van der Waals surface area contributed by atoms with Crippen molar-refractivity contribution in [1.29, 1.82) is 0 Å². The summed E-state index contributed by atoms with van der Waals surface area (Å²) in [7, 11) is -1.66. The largest absolute Gasteiger partial charge is 1.00 e. The van der Waals surface area contributed by atoms with E-state index in [4.69, 9.17) is 0 Å². The van der Waals surface area contributed by atoms with Crippen molar-refractivity contribution >= 4 is 23.2 Å². The number of hydrogen-bond acceptors (Lipinski definition) is 0. The average Bonchev–Trinajstić information content (AvgIpc) is 2.80. The van der Waals surface area contributed by atoms with Crippen LogP contribution in [0.15, 0.2) is 91.0 Å². The van der Waals surface area contributed by atoms with Crippen molar-refractivity contribution in [2.75, 3.05) is 6.16 Å². The van der Waals surface area contributed by atoms with E-state index in [1.54, 1.807) is 0 Å². The van der Waals surface area contributed by atoms with Crippen LogP contribution in [0.25, 0.3) is 0 Å². The van der Waals surface area contributed by atoms with Crippen molar-refractivity contribution < 1.29 is 17.0 Å². The molecule has 30 heavy (non-hydrogen) atoms. The molecule has 4 rings (SSSR count). The second-order valence-electron chi connectivity index (χ2n) is 8.67. The van der Waals surface area contributed by atoms with E-state index in [1.165, 1.54) is 60.6 Å². The third-order valence-electron chi connectivity index (χ3n) is 6.79. The fraction of sp³-hybridized carbons (Fsp3) is 0.357. The van der Waals surface area contributed by atoms with E-state index in [1.807, 2.05) is 0 Å². The third kappa shape index (κ3) is 5.06. The summed E-state index contributed by atoms with van der Waals surface area (Å²) in [5.74, 6) is 1.80. The van der Waals surface area contributed by atoms with Crippen LogP contribution in [0.3, 0.4) is 0 Å². The Morgan fingerprint density at radius 3 is 1.33 bits per heavy atom. The van der Waals surface area contributed by atoms with Gasteiger partial charge in [-0.15, -0.1) is 0 Å². The predicted octanol–water partition coefficient (Wildman–Crippen LogP) is 3.59. The van der Waals surface area contributed by atoms with Crippen molar-refractivity contribution in [3.05, 3.63) is 91.0 Å². The molecule has 0 atom stereocenters. The molecule has 0 amide bonds. The van der Waals surface area contributed by atoms with Crippen LogP contribution in [0.1, 0.15) is 45.4 Å². The molecule has 158 valence electrons. The lowest BCUT2D eigenvalue weighted by molar-refractivity contribution is -0.00000585. The van der Waals surface area contributed by atoms with Crippen LogP contribution in [-0.2, 0) is 0 Å². The van der Waals surface area contributed by atoms with E-state index in [9.17, 15) is 0 Å². The van der Waals surface area contributed by atoms with E-state index in [2.05, 4.69) is 97.9 Å². The van der Waals surface area contributed by atoms with Crippen molar-refractivity contribution in [3.8, 4) is 0 Å². The lowest BCUT2D eigenvalue weighted by Crippen LogP contribution is -3.00. The summed E-state index contributed by atoms with van der Waals surface area (Å²) >= 11 is 0. The van der Waals surface area contributed by atoms with Gasteiger partial charge in [0.2, 0.25) is 0 Å². The molecular formula is C28H34BrP. The lowest BCUT2D eigenvalue weighted by Gasteiger charge is -2.34. The number of hydrogen-bond donors (Lipinski definition) is 0. The molecule has 0 saturated heterocycles. The van der Waals surface area contributed by atoms with Crippen molar-refractivity contribution in [3.63, 3.8) is 0 Å². The smallest absolute Gasteiger partial charge is 0.112 e. The van der Waals surface area contributed by atoms with Gasteiger partial charge in [0, 0.05) is 0 Å². The summed E-state index contributed by atoms with van der Waals surface area (Å²) in [5.41, 5.74) is 0. The van der Waals surface area contributed by atoms with E-state index in [0.29, 0.717) is 0 Å². The second kappa shape index (κ2) is 11.3. The van der Waals surface area contributed by atoms with Crippen LogP contribution < -0.4 is 32.9 Å². The minimum absolute atomic E-state index is 0. The molecular weight excluding hydrogens is 447 g/mol. The van der Waals surface area contributed by atoms with Gasteiger partial charge in [0.05, 0.1) is 6.16 Å². The zero-order valence-corrected chi connectivity index (χ0v) is 20.6. The summed E-state index contributed by atoms with van der Waals surface area (Å²) < 4.78 is 0. The van der Waals surface area contributed by atoms with Crippen LogP contribution in [0.2, 0.25) is 0 Å². The normalized spacial score (nSPS) is 19.1. The van der Waals surface area contributed by atoms with Crippen LogP contribution in [0, 0.1) is 11.8 Å². The highest BCUT2D eigenvalue weighted by Gasteiger charge is 2.47. The van der Waals surface area contributed by atoms with Gasteiger partial charge in [-0.2, -0.15) is 0 Å². The Kier molecular flexibility index (Phi) is 8.72. The standard InChI is InChI=1S/C28H34P.BrH/c1-2-12-24-19-21-25(22-20-24)23-29(26-13-6-3-7-14-26,27-15-8-4-9-16-27)28-17-10-5-11-18-28;/h3-11,13-18,24-25H,2,12,19-23H2,1H3;1H/q+1;/p-1/t24-,25-;. The molecule has 0 aromatic heterocycles. The highest BCUT2D eigenvalue weighted by molar-refractivity contribution is 7.95. The van der Waals surface area contributed by atoms with Crippen molar-refractivity contribution in [1.82, 2.24) is 0 Å². The molecule has 1 saturated carbocycles. The molecule has 0 aliphatic heterocycles. The fourth-order valence-corrected chi connectivity index (χ4v) is 10.0. The quantitative estimate of drug-likeness (QED) is 0.453. The first-order valence-electron chi connectivity index (χ1n) is 11.4. The van der Waals surface area contributed by atoms with Gasteiger partial charge in [-0.25, -0.2) is 0 Å². The maximum Gasteiger partial charge on any atom is 0.112 e. The van der Waals surface area contributed by atoms with E-state index >= 15 is 0 Å². The van der Waals surface area contributed by atoms with Crippen molar-refractivity contribution in [2.24, 2.45) is 11.8 Å². The Bertz CT molecular complexity index is 758. The first kappa shape index (κ1) is 23.2. The number of benzene rings is 3. The molecule has 3 aromatic rings. The minimum atomic E-state index is -1.66. The monoisotopic (exact) mass is 480 g/mol. The second-order valence-corrected chi connectivity index (χ2v) is 12.2. The van der Waals surface area contributed by atoms with Gasteiger partial charge < -0.3 is 17.0 Å². The van der Waals surface area contributed by atoms with Gasteiger partial charge >= 0.3 is 0 Å². The van der Waals surface area contributed by atoms with Crippen LogP contribution in [0.5, 0.6) is 0 Å². The van der Waals surface area contributed by atoms with Gasteiger partial charge in [0.25, 0.3) is 0 Å². The van der Waals surface area contributed by atoms with Crippen LogP contribution >= 0.6 is 7.26 Å². The fourth-order valence-electron chi connectivity index (χ4n) is 5.31. The molecule has 3 aromatic carbocycles. The Hall–Kier alpha value is -1.43. The highest BCUT2D eigenvalue weighted by atomic mass is 79.9. The number of rotatable bonds is 7. The summed E-state index contributed by atoms with van der Waals surface area (Å²) in [6.07, 6.45) is 9.73. The molecule has 1 aliphatic rings. The molecule has 1 aliphatic carbocycles. The van der Waals surface area contributed by atoms with Gasteiger partial charge in [0.1, 0.15) is 23.2 Å². The third-order valence-corrected chi connectivity index (χ3v) is 11.4. The van der Waals surface area contributed by atoms with Gasteiger partial charge in [0.15, 0.2) is 0 Å². The predicted molar refractivity (Wildman–Crippen MR) is 130 cm³/mol. The van der Waals surface area contributed by atoms with Crippen LogP contribution in [0.4, 0.5) is 0 Å².